The van der Waals surface area contributed by atoms with Crippen molar-refractivity contribution in [1.82, 2.24) is 9.80 Å². The van der Waals surface area contributed by atoms with E-state index in [1.165, 1.54) is 12.2 Å². The summed E-state index contributed by atoms with van der Waals surface area (Å²) in [6.45, 7) is 16.4. The monoisotopic (exact) mass is 280 g/mol. The first-order valence-corrected chi connectivity index (χ1v) is 7.21. The number of carbonyl (C=O) groups is 2. The summed E-state index contributed by atoms with van der Waals surface area (Å²) >= 11 is 0. The smallest absolute Gasteiger partial charge is 0.246 e. The highest BCUT2D eigenvalue weighted by Gasteiger charge is 2.15. The summed E-state index contributed by atoms with van der Waals surface area (Å²) in [7, 11) is 0. The van der Waals surface area contributed by atoms with E-state index in [-0.39, 0.29) is 23.9 Å². The third-order valence-electron chi connectivity index (χ3n) is 3.21. The fraction of sp³-hybridized carbons (Fsp3) is 0.625. The number of carbonyl (C=O) groups excluding carboxylic acids is 2. The highest BCUT2D eigenvalue weighted by Crippen LogP contribution is 2.06. The average Bonchev–Trinajstić information content (AvgIpc) is 2.40. The molecule has 2 amide bonds. The van der Waals surface area contributed by atoms with Gasteiger partial charge in [-0.1, -0.05) is 13.2 Å². The van der Waals surface area contributed by atoms with Crippen molar-refractivity contribution >= 4 is 11.8 Å². The molecule has 0 aromatic carbocycles. The van der Waals surface area contributed by atoms with Crippen molar-refractivity contribution in [2.24, 2.45) is 0 Å². The molecule has 0 radical (unpaired) electrons. The normalized spacial score (nSPS) is 10.5. The lowest BCUT2D eigenvalue weighted by atomic mass is 10.2. The number of amides is 2. The average molecular weight is 280 g/mol. The molecule has 0 aromatic heterocycles. The van der Waals surface area contributed by atoms with Crippen molar-refractivity contribution < 1.29 is 9.59 Å². The molecule has 0 saturated carbocycles. The summed E-state index contributed by atoms with van der Waals surface area (Å²) in [5.41, 5.74) is 0. The molecule has 0 atom stereocenters. The summed E-state index contributed by atoms with van der Waals surface area (Å²) in [5.74, 6) is -0.0780. The summed E-state index contributed by atoms with van der Waals surface area (Å²) in [6.07, 6.45) is 4.43. The zero-order chi connectivity index (χ0) is 15.7. The Hall–Kier alpha value is -1.58. The van der Waals surface area contributed by atoms with Crippen LogP contribution in [0.4, 0.5) is 0 Å². The molecule has 20 heavy (non-hydrogen) atoms. The first-order valence-electron chi connectivity index (χ1n) is 7.21. The van der Waals surface area contributed by atoms with E-state index in [1.54, 1.807) is 9.80 Å². The second-order valence-corrected chi connectivity index (χ2v) is 5.37. The topological polar surface area (TPSA) is 40.6 Å². The SMILES string of the molecule is C=CC(=O)N(CCCCN(C(=O)C=C)C(C)C)C(C)C. The van der Waals surface area contributed by atoms with Crippen LogP contribution in [-0.4, -0.2) is 46.8 Å². The van der Waals surface area contributed by atoms with Crippen LogP contribution in [0.3, 0.4) is 0 Å². The van der Waals surface area contributed by atoms with E-state index >= 15 is 0 Å². The summed E-state index contributed by atoms with van der Waals surface area (Å²) < 4.78 is 0. The van der Waals surface area contributed by atoms with Crippen LogP contribution in [-0.2, 0) is 9.59 Å². The van der Waals surface area contributed by atoms with Crippen molar-refractivity contribution in [1.29, 1.82) is 0 Å². The van der Waals surface area contributed by atoms with Gasteiger partial charge in [0.05, 0.1) is 0 Å². The van der Waals surface area contributed by atoms with Gasteiger partial charge in [-0.15, -0.1) is 0 Å². The van der Waals surface area contributed by atoms with Gasteiger partial charge in [-0.2, -0.15) is 0 Å². The van der Waals surface area contributed by atoms with Crippen LogP contribution in [0.25, 0.3) is 0 Å². The second kappa shape index (κ2) is 9.34. The van der Waals surface area contributed by atoms with Crippen molar-refractivity contribution in [2.75, 3.05) is 13.1 Å². The van der Waals surface area contributed by atoms with Crippen LogP contribution >= 0.6 is 0 Å². The van der Waals surface area contributed by atoms with Gasteiger partial charge in [-0.3, -0.25) is 9.59 Å². The number of rotatable bonds is 9. The number of hydrogen-bond acceptors (Lipinski definition) is 2. The Kier molecular flexibility index (Phi) is 8.61. The predicted molar refractivity (Wildman–Crippen MR) is 83.3 cm³/mol. The molecular weight excluding hydrogens is 252 g/mol. The van der Waals surface area contributed by atoms with E-state index in [0.717, 1.165) is 12.8 Å². The van der Waals surface area contributed by atoms with Gasteiger partial charge in [0, 0.05) is 25.2 Å². The zero-order valence-corrected chi connectivity index (χ0v) is 13.3. The summed E-state index contributed by atoms with van der Waals surface area (Å²) in [4.78, 5) is 26.9. The lowest BCUT2D eigenvalue weighted by Gasteiger charge is -2.28. The van der Waals surface area contributed by atoms with E-state index in [2.05, 4.69) is 13.2 Å². The highest BCUT2D eigenvalue weighted by molar-refractivity contribution is 5.87. The highest BCUT2D eigenvalue weighted by atomic mass is 16.2. The van der Waals surface area contributed by atoms with Crippen LogP contribution in [0, 0.1) is 0 Å². The Labute approximate surface area is 123 Å². The summed E-state index contributed by atoms with van der Waals surface area (Å²) in [6, 6.07) is 0.327. The molecule has 4 heteroatoms. The molecule has 0 heterocycles. The molecular formula is C16H28N2O2. The summed E-state index contributed by atoms with van der Waals surface area (Å²) in [5, 5.41) is 0. The lowest BCUT2D eigenvalue weighted by molar-refractivity contribution is -0.129. The number of nitrogens with zero attached hydrogens (tertiary/aromatic N) is 2. The predicted octanol–water partition coefficient (Wildman–Crippen LogP) is 2.61. The third-order valence-corrected chi connectivity index (χ3v) is 3.21. The first-order chi connectivity index (χ1) is 9.34. The molecule has 0 bridgehead atoms. The largest absolute Gasteiger partial charge is 0.337 e. The molecule has 4 nitrogen and oxygen atoms in total. The maximum atomic E-state index is 11.7. The van der Waals surface area contributed by atoms with Gasteiger partial charge >= 0.3 is 0 Å². The van der Waals surface area contributed by atoms with Gasteiger partial charge in [0.15, 0.2) is 0 Å². The van der Waals surface area contributed by atoms with Gasteiger partial charge in [0.25, 0.3) is 0 Å². The molecule has 0 N–H and O–H groups in total. The van der Waals surface area contributed by atoms with Crippen LogP contribution in [0.5, 0.6) is 0 Å². The van der Waals surface area contributed by atoms with E-state index in [4.69, 9.17) is 0 Å². The van der Waals surface area contributed by atoms with Crippen LogP contribution < -0.4 is 0 Å². The molecule has 0 fully saturated rings. The number of unbranched alkanes of at least 4 members (excludes halogenated alkanes) is 1. The second-order valence-electron chi connectivity index (χ2n) is 5.37. The molecule has 0 aliphatic heterocycles. The molecule has 0 spiro atoms. The van der Waals surface area contributed by atoms with E-state index < -0.39 is 0 Å². The van der Waals surface area contributed by atoms with Gasteiger partial charge in [0.1, 0.15) is 0 Å². The maximum Gasteiger partial charge on any atom is 0.246 e. The molecule has 0 aliphatic rings. The quantitative estimate of drug-likeness (QED) is 0.481. The zero-order valence-electron chi connectivity index (χ0n) is 13.3. The van der Waals surface area contributed by atoms with Crippen molar-refractivity contribution in [3.05, 3.63) is 25.3 Å². The molecule has 0 saturated heterocycles. The Morgan fingerprint density at radius 3 is 1.35 bits per heavy atom. The fourth-order valence-electron chi connectivity index (χ4n) is 2.04. The van der Waals surface area contributed by atoms with Gasteiger partial charge in [-0.25, -0.2) is 0 Å². The standard InChI is InChI=1S/C16H28N2O2/c1-7-15(19)17(13(3)4)11-9-10-12-18(14(5)6)16(20)8-2/h7-8,13-14H,1-2,9-12H2,3-6H3. The van der Waals surface area contributed by atoms with E-state index in [1.807, 2.05) is 27.7 Å². The fourth-order valence-corrected chi connectivity index (χ4v) is 2.04. The van der Waals surface area contributed by atoms with Crippen LogP contribution in [0.2, 0.25) is 0 Å². The number of hydrogen-bond donors (Lipinski definition) is 0. The molecule has 0 rings (SSSR count). The van der Waals surface area contributed by atoms with E-state index in [9.17, 15) is 9.59 Å². The molecule has 0 aliphatic carbocycles. The minimum absolute atomic E-state index is 0.0390. The Balaban J connectivity index is 4.28. The Morgan fingerprint density at radius 1 is 0.850 bits per heavy atom. The molecule has 114 valence electrons. The van der Waals surface area contributed by atoms with Gasteiger partial charge < -0.3 is 9.80 Å². The molecule has 0 aromatic rings. The van der Waals surface area contributed by atoms with E-state index in [0.29, 0.717) is 13.1 Å². The van der Waals surface area contributed by atoms with Crippen molar-refractivity contribution in [2.45, 2.75) is 52.6 Å². The minimum Gasteiger partial charge on any atom is -0.337 e. The molecule has 0 unspecified atom stereocenters. The van der Waals surface area contributed by atoms with Crippen LogP contribution in [0.15, 0.2) is 25.3 Å². The Bertz CT molecular complexity index is 314. The van der Waals surface area contributed by atoms with Crippen molar-refractivity contribution in [3.63, 3.8) is 0 Å². The lowest BCUT2D eigenvalue weighted by Crippen LogP contribution is -2.38. The van der Waals surface area contributed by atoms with Gasteiger partial charge in [-0.05, 0) is 52.7 Å². The minimum atomic E-state index is -0.0390. The van der Waals surface area contributed by atoms with Gasteiger partial charge in [0.2, 0.25) is 11.8 Å². The van der Waals surface area contributed by atoms with Crippen molar-refractivity contribution in [3.8, 4) is 0 Å². The maximum absolute atomic E-state index is 11.7. The Morgan fingerprint density at radius 2 is 1.15 bits per heavy atom. The van der Waals surface area contributed by atoms with Crippen LogP contribution in [0.1, 0.15) is 40.5 Å². The third kappa shape index (κ3) is 6.04. The first kappa shape index (κ1) is 18.4.